The molecule has 1 atom stereocenters. The van der Waals surface area contributed by atoms with Crippen molar-refractivity contribution < 1.29 is 15.1 Å². The van der Waals surface area contributed by atoms with Gasteiger partial charge in [-0.25, -0.2) is 0 Å². The minimum Gasteiger partial charge on any atom is -0.412 e. The van der Waals surface area contributed by atoms with Crippen molar-refractivity contribution in [3.8, 4) is 0 Å². The summed E-state index contributed by atoms with van der Waals surface area (Å²) in [4.78, 5) is 25.3. The molecule has 7 nitrogen and oxygen atoms in total. The summed E-state index contributed by atoms with van der Waals surface area (Å²) >= 11 is 0. The number of nitrogens with zero attached hydrogens (tertiary/aromatic N) is 1. The molecule has 1 aromatic carbocycles. The van der Waals surface area contributed by atoms with Gasteiger partial charge in [0.2, 0.25) is 11.8 Å². The molecule has 1 aromatic rings. The Morgan fingerprint density at radius 3 is 2.42 bits per heavy atom. The molecule has 2 amide bonds. The van der Waals surface area contributed by atoms with Crippen LogP contribution in [0.15, 0.2) is 18.2 Å². The molecule has 24 heavy (non-hydrogen) atoms. The Bertz CT molecular complexity index is 537. The minimum atomic E-state index is -0.383. The maximum atomic E-state index is 12.2. The van der Waals surface area contributed by atoms with E-state index in [0.29, 0.717) is 13.1 Å². The van der Waals surface area contributed by atoms with Crippen molar-refractivity contribution in [1.29, 1.82) is 0 Å². The molecule has 1 saturated heterocycles. The number of hydrogen-bond acceptors (Lipinski definition) is 4. The van der Waals surface area contributed by atoms with Gasteiger partial charge in [-0.05, 0) is 25.0 Å². The highest BCUT2D eigenvalue weighted by atomic mass is 35.5. The molecule has 0 aromatic heterocycles. The maximum Gasteiger partial charge on any atom is 0.238 e. The number of halogens is 2. The van der Waals surface area contributed by atoms with E-state index < -0.39 is 0 Å². The van der Waals surface area contributed by atoms with E-state index in [1.54, 1.807) is 0 Å². The van der Waals surface area contributed by atoms with Gasteiger partial charge in [0.1, 0.15) is 0 Å². The van der Waals surface area contributed by atoms with Gasteiger partial charge in [0.25, 0.3) is 0 Å². The van der Waals surface area contributed by atoms with Gasteiger partial charge < -0.3 is 21.8 Å². The number of rotatable bonds is 4. The van der Waals surface area contributed by atoms with Crippen molar-refractivity contribution in [3.05, 3.63) is 29.3 Å². The number of carbonyl (C=O) groups excluding carboxylic acids is 2. The van der Waals surface area contributed by atoms with Crippen LogP contribution in [0.3, 0.4) is 0 Å². The molecule has 1 aliphatic rings. The summed E-state index contributed by atoms with van der Waals surface area (Å²) in [6, 6.07) is 5.52. The first-order chi connectivity index (χ1) is 9.97. The van der Waals surface area contributed by atoms with Crippen LogP contribution in [0.5, 0.6) is 0 Å². The fraction of sp³-hybridized carbons (Fsp3) is 0.467. The number of para-hydroxylation sites is 1. The zero-order valence-corrected chi connectivity index (χ0v) is 15.4. The number of aryl methyl sites for hydroxylation is 2. The van der Waals surface area contributed by atoms with Crippen LogP contribution >= 0.6 is 24.8 Å². The lowest BCUT2D eigenvalue weighted by molar-refractivity contribution is -0.123. The number of hydrogen-bond donors (Lipinski definition) is 3. The third-order valence-electron chi connectivity index (χ3n) is 3.72. The minimum absolute atomic E-state index is 0. The number of nitrogens with two attached hydrogens (primary N) is 1. The average Bonchev–Trinajstić information content (AvgIpc) is 2.43. The molecule has 1 aliphatic heterocycles. The van der Waals surface area contributed by atoms with Gasteiger partial charge in [0.15, 0.2) is 0 Å². The molecule has 1 unspecified atom stereocenters. The normalized spacial score (nSPS) is 16.8. The number of carbonyl (C=O) groups is 2. The van der Waals surface area contributed by atoms with Crippen LogP contribution in [0.2, 0.25) is 0 Å². The zero-order valence-electron chi connectivity index (χ0n) is 13.8. The number of anilines is 1. The summed E-state index contributed by atoms with van der Waals surface area (Å²) in [5.74, 6) is -0.452. The van der Waals surface area contributed by atoms with Gasteiger partial charge in [-0.3, -0.25) is 14.5 Å². The Hall–Kier alpha value is -1.38. The molecule has 6 N–H and O–H groups in total. The standard InChI is InChI=1S/C15H22N4O2.2ClH.H2O/c1-10-4-3-5-11(2)14(10)18-13(20)9-19-7-6-17-12(8-19)15(16)21;;;/h3-5,12,17H,6-9H2,1-2H3,(H2,16,21)(H,18,20);2*1H;1H2. The summed E-state index contributed by atoms with van der Waals surface area (Å²) < 4.78 is 0. The molecular weight excluding hydrogens is 355 g/mol. The summed E-state index contributed by atoms with van der Waals surface area (Å²) in [6.07, 6.45) is 0. The number of piperazine rings is 1. The fourth-order valence-corrected chi connectivity index (χ4v) is 2.54. The molecule has 0 aliphatic carbocycles. The van der Waals surface area contributed by atoms with Gasteiger partial charge in [0, 0.05) is 25.3 Å². The monoisotopic (exact) mass is 380 g/mol. The Balaban J connectivity index is 0. The van der Waals surface area contributed by atoms with Crippen LogP contribution in [0.25, 0.3) is 0 Å². The number of nitrogens with one attached hydrogen (secondary N) is 2. The van der Waals surface area contributed by atoms with Crippen molar-refractivity contribution in [2.75, 3.05) is 31.5 Å². The molecule has 2 rings (SSSR count). The molecule has 0 saturated carbocycles. The lowest BCUT2D eigenvalue weighted by Crippen LogP contribution is -2.57. The van der Waals surface area contributed by atoms with Crippen molar-refractivity contribution in [1.82, 2.24) is 10.2 Å². The predicted octanol–water partition coefficient (Wildman–Crippen LogP) is 0.0199. The second-order valence-corrected chi connectivity index (χ2v) is 5.46. The topological polar surface area (TPSA) is 119 Å². The van der Waals surface area contributed by atoms with Crippen molar-refractivity contribution in [2.45, 2.75) is 19.9 Å². The van der Waals surface area contributed by atoms with E-state index in [1.807, 2.05) is 36.9 Å². The van der Waals surface area contributed by atoms with Crippen LogP contribution < -0.4 is 16.4 Å². The molecule has 0 spiro atoms. The van der Waals surface area contributed by atoms with Crippen LogP contribution in [0.4, 0.5) is 5.69 Å². The smallest absolute Gasteiger partial charge is 0.238 e. The molecular formula is C15H26Cl2N4O3. The van der Waals surface area contributed by atoms with Gasteiger partial charge in [-0.2, -0.15) is 0 Å². The molecule has 1 heterocycles. The summed E-state index contributed by atoms with van der Waals surface area (Å²) in [5, 5.41) is 5.99. The van der Waals surface area contributed by atoms with Crippen LogP contribution in [0.1, 0.15) is 11.1 Å². The Morgan fingerprint density at radius 1 is 1.29 bits per heavy atom. The van der Waals surface area contributed by atoms with E-state index >= 15 is 0 Å². The predicted molar refractivity (Wildman–Crippen MR) is 100 cm³/mol. The third-order valence-corrected chi connectivity index (χ3v) is 3.72. The number of benzene rings is 1. The molecule has 1 fully saturated rings. The molecule has 0 radical (unpaired) electrons. The van der Waals surface area contributed by atoms with E-state index in [9.17, 15) is 9.59 Å². The van der Waals surface area contributed by atoms with Crippen LogP contribution in [-0.4, -0.2) is 54.4 Å². The van der Waals surface area contributed by atoms with E-state index in [0.717, 1.165) is 23.4 Å². The first-order valence-electron chi connectivity index (χ1n) is 7.08. The SMILES string of the molecule is Cc1cccc(C)c1NC(=O)CN1CCNC(C(N)=O)C1.Cl.Cl.O. The summed E-state index contributed by atoms with van der Waals surface area (Å²) in [5.41, 5.74) is 8.24. The molecule has 9 heteroatoms. The van der Waals surface area contributed by atoms with E-state index in [1.165, 1.54) is 0 Å². The van der Waals surface area contributed by atoms with Gasteiger partial charge in [0.05, 0.1) is 12.6 Å². The largest absolute Gasteiger partial charge is 0.412 e. The summed E-state index contributed by atoms with van der Waals surface area (Å²) in [6.45, 7) is 6.05. The van der Waals surface area contributed by atoms with Gasteiger partial charge in [-0.1, -0.05) is 18.2 Å². The van der Waals surface area contributed by atoms with Crippen molar-refractivity contribution in [2.24, 2.45) is 5.73 Å². The highest BCUT2D eigenvalue weighted by Gasteiger charge is 2.24. The lowest BCUT2D eigenvalue weighted by Gasteiger charge is -2.31. The van der Waals surface area contributed by atoms with E-state index in [2.05, 4.69) is 10.6 Å². The Labute approximate surface area is 154 Å². The van der Waals surface area contributed by atoms with Crippen molar-refractivity contribution >= 4 is 42.3 Å². The van der Waals surface area contributed by atoms with Crippen LogP contribution in [0, 0.1) is 13.8 Å². The molecule has 138 valence electrons. The number of primary amides is 1. The molecule has 0 bridgehead atoms. The lowest BCUT2D eigenvalue weighted by atomic mass is 10.1. The van der Waals surface area contributed by atoms with Gasteiger partial charge >= 0.3 is 0 Å². The Morgan fingerprint density at radius 2 is 1.88 bits per heavy atom. The number of amides is 2. The van der Waals surface area contributed by atoms with E-state index in [4.69, 9.17) is 5.73 Å². The first kappa shape index (κ1) is 24.9. The second-order valence-electron chi connectivity index (χ2n) is 5.46. The summed E-state index contributed by atoms with van der Waals surface area (Å²) in [7, 11) is 0. The van der Waals surface area contributed by atoms with Crippen molar-refractivity contribution in [3.63, 3.8) is 0 Å². The Kier molecular flexibility index (Phi) is 11.6. The van der Waals surface area contributed by atoms with E-state index in [-0.39, 0.29) is 54.7 Å². The average molecular weight is 381 g/mol. The zero-order chi connectivity index (χ0) is 15.4. The van der Waals surface area contributed by atoms with Gasteiger partial charge in [-0.15, -0.1) is 24.8 Å². The highest BCUT2D eigenvalue weighted by Crippen LogP contribution is 2.19. The quantitative estimate of drug-likeness (QED) is 0.681. The highest BCUT2D eigenvalue weighted by molar-refractivity contribution is 5.93. The van der Waals surface area contributed by atoms with Crippen LogP contribution in [-0.2, 0) is 9.59 Å². The third kappa shape index (κ3) is 6.62. The fourth-order valence-electron chi connectivity index (χ4n) is 2.54. The first-order valence-corrected chi connectivity index (χ1v) is 7.08. The maximum absolute atomic E-state index is 12.2. The second kappa shape index (κ2) is 11.2.